The smallest absolute Gasteiger partial charge is 0.119 e. The van der Waals surface area contributed by atoms with E-state index in [1.54, 1.807) is 0 Å². The molecule has 4 rings (SSSR count). The van der Waals surface area contributed by atoms with Crippen LogP contribution in [0.4, 0.5) is 0 Å². The summed E-state index contributed by atoms with van der Waals surface area (Å²) < 4.78 is 5.95. The molecule has 3 aromatic rings. The summed E-state index contributed by atoms with van der Waals surface area (Å²) in [5.41, 5.74) is 3.53. The van der Waals surface area contributed by atoms with Crippen molar-refractivity contribution in [2.75, 3.05) is 26.2 Å². The summed E-state index contributed by atoms with van der Waals surface area (Å²) in [5, 5.41) is 4.60. The van der Waals surface area contributed by atoms with E-state index in [-0.39, 0.29) is 6.04 Å². The molecular formula is C24H24Cl2N2O. The van der Waals surface area contributed by atoms with Gasteiger partial charge in [0.1, 0.15) is 12.4 Å². The van der Waals surface area contributed by atoms with Gasteiger partial charge >= 0.3 is 0 Å². The van der Waals surface area contributed by atoms with Gasteiger partial charge in [-0.15, -0.1) is 0 Å². The van der Waals surface area contributed by atoms with Gasteiger partial charge in [0.15, 0.2) is 0 Å². The van der Waals surface area contributed by atoms with Crippen molar-refractivity contribution in [3.8, 4) is 5.75 Å². The summed E-state index contributed by atoms with van der Waals surface area (Å²) in [6, 6.07) is 24.7. The number of hydrogen-bond donors (Lipinski definition) is 1. The Morgan fingerprint density at radius 3 is 2.21 bits per heavy atom. The lowest BCUT2D eigenvalue weighted by Crippen LogP contribution is -2.45. The Hall–Kier alpha value is -2.04. The van der Waals surface area contributed by atoms with Crippen molar-refractivity contribution < 1.29 is 4.74 Å². The van der Waals surface area contributed by atoms with E-state index >= 15 is 0 Å². The Morgan fingerprint density at radius 1 is 0.828 bits per heavy atom. The maximum absolute atomic E-state index is 6.33. The molecule has 1 atom stereocenters. The van der Waals surface area contributed by atoms with Crippen molar-refractivity contribution >= 4 is 23.2 Å². The van der Waals surface area contributed by atoms with Crippen molar-refractivity contribution in [3.05, 3.63) is 99.5 Å². The molecule has 0 bridgehead atoms. The minimum atomic E-state index is 0.134. The van der Waals surface area contributed by atoms with E-state index in [1.165, 1.54) is 5.56 Å². The molecule has 5 heteroatoms. The number of rotatable bonds is 6. The van der Waals surface area contributed by atoms with Crippen LogP contribution >= 0.6 is 23.2 Å². The molecule has 3 nitrogen and oxygen atoms in total. The summed E-state index contributed by atoms with van der Waals surface area (Å²) >= 11 is 12.5. The third-order valence-electron chi connectivity index (χ3n) is 5.22. The zero-order valence-corrected chi connectivity index (χ0v) is 17.7. The van der Waals surface area contributed by atoms with E-state index in [2.05, 4.69) is 40.5 Å². The van der Waals surface area contributed by atoms with Crippen LogP contribution in [-0.4, -0.2) is 31.1 Å². The molecule has 1 fully saturated rings. The highest BCUT2D eigenvalue weighted by molar-refractivity contribution is 6.42. The zero-order chi connectivity index (χ0) is 20.1. The monoisotopic (exact) mass is 426 g/mol. The molecule has 0 spiro atoms. The average Bonchev–Trinajstić information content (AvgIpc) is 2.77. The third kappa shape index (κ3) is 5.12. The largest absolute Gasteiger partial charge is 0.489 e. The highest BCUT2D eigenvalue weighted by Gasteiger charge is 2.24. The van der Waals surface area contributed by atoms with Crippen LogP contribution in [0.5, 0.6) is 5.75 Å². The summed E-state index contributed by atoms with van der Waals surface area (Å²) in [4.78, 5) is 2.48. The molecule has 29 heavy (non-hydrogen) atoms. The summed E-state index contributed by atoms with van der Waals surface area (Å²) in [7, 11) is 0. The van der Waals surface area contributed by atoms with Crippen molar-refractivity contribution in [1.82, 2.24) is 10.2 Å². The molecule has 1 aliphatic heterocycles. The van der Waals surface area contributed by atoms with E-state index < -0.39 is 0 Å². The first-order chi connectivity index (χ1) is 14.2. The number of benzene rings is 3. The van der Waals surface area contributed by atoms with Crippen LogP contribution in [0.1, 0.15) is 22.7 Å². The normalized spacial score (nSPS) is 15.8. The molecule has 0 aromatic heterocycles. The maximum Gasteiger partial charge on any atom is 0.119 e. The lowest BCUT2D eigenvalue weighted by Gasteiger charge is -2.35. The highest BCUT2D eigenvalue weighted by Crippen LogP contribution is 2.33. The quantitative estimate of drug-likeness (QED) is 0.557. The molecule has 0 amide bonds. The molecule has 0 radical (unpaired) electrons. The van der Waals surface area contributed by atoms with Gasteiger partial charge in [-0.1, -0.05) is 71.7 Å². The predicted octanol–water partition coefficient (Wildman–Crippen LogP) is 5.57. The highest BCUT2D eigenvalue weighted by atomic mass is 35.5. The van der Waals surface area contributed by atoms with Crippen LogP contribution in [0.2, 0.25) is 10.0 Å². The molecule has 1 N–H and O–H groups in total. The fraction of sp³-hybridized carbons (Fsp3) is 0.250. The van der Waals surface area contributed by atoms with E-state index in [4.69, 9.17) is 27.9 Å². The maximum atomic E-state index is 6.33. The third-order valence-corrected chi connectivity index (χ3v) is 5.96. The Bertz CT molecular complexity index is 925. The second-order valence-electron chi connectivity index (χ2n) is 7.21. The number of piperazine rings is 1. The van der Waals surface area contributed by atoms with Crippen LogP contribution in [0.25, 0.3) is 0 Å². The minimum absolute atomic E-state index is 0.134. The first kappa shape index (κ1) is 20.2. The van der Waals surface area contributed by atoms with Gasteiger partial charge in [-0.05, 0) is 41.0 Å². The molecule has 1 unspecified atom stereocenters. The minimum Gasteiger partial charge on any atom is -0.489 e. The Balaban J connectivity index is 1.56. The average molecular weight is 427 g/mol. The van der Waals surface area contributed by atoms with Crippen LogP contribution in [0.15, 0.2) is 72.8 Å². The van der Waals surface area contributed by atoms with Gasteiger partial charge in [-0.25, -0.2) is 0 Å². The van der Waals surface area contributed by atoms with Crippen molar-refractivity contribution in [2.24, 2.45) is 0 Å². The standard InChI is InChI=1S/C24H24Cl2N2O/c25-22-11-8-20(16-23(22)26)24(28-14-12-27-13-15-28)19-6-9-21(10-7-19)29-17-18-4-2-1-3-5-18/h1-11,16,24,27H,12-15,17H2. The molecule has 3 aromatic carbocycles. The van der Waals surface area contributed by atoms with E-state index in [9.17, 15) is 0 Å². The number of hydrogen-bond acceptors (Lipinski definition) is 3. The Morgan fingerprint density at radius 2 is 1.52 bits per heavy atom. The van der Waals surface area contributed by atoms with E-state index in [0.29, 0.717) is 16.7 Å². The molecule has 150 valence electrons. The molecule has 0 saturated carbocycles. The molecule has 1 heterocycles. The fourth-order valence-corrected chi connectivity index (χ4v) is 4.03. The van der Waals surface area contributed by atoms with Crippen molar-refractivity contribution in [1.29, 1.82) is 0 Å². The van der Waals surface area contributed by atoms with Gasteiger partial charge in [0, 0.05) is 26.2 Å². The van der Waals surface area contributed by atoms with Gasteiger partial charge in [0.2, 0.25) is 0 Å². The van der Waals surface area contributed by atoms with Gasteiger partial charge in [0.05, 0.1) is 16.1 Å². The summed E-state index contributed by atoms with van der Waals surface area (Å²) in [5.74, 6) is 0.866. The summed E-state index contributed by atoms with van der Waals surface area (Å²) in [6.45, 7) is 4.49. The topological polar surface area (TPSA) is 24.5 Å². The lowest BCUT2D eigenvalue weighted by atomic mass is 9.96. The Labute approximate surface area is 182 Å². The van der Waals surface area contributed by atoms with E-state index in [0.717, 1.165) is 43.1 Å². The number of nitrogens with one attached hydrogen (secondary N) is 1. The van der Waals surface area contributed by atoms with Crippen molar-refractivity contribution in [2.45, 2.75) is 12.6 Å². The van der Waals surface area contributed by atoms with Gasteiger partial charge in [-0.3, -0.25) is 4.90 Å². The predicted molar refractivity (Wildman–Crippen MR) is 120 cm³/mol. The second-order valence-corrected chi connectivity index (χ2v) is 8.02. The first-order valence-corrected chi connectivity index (χ1v) is 10.6. The van der Waals surface area contributed by atoms with Crippen LogP contribution in [-0.2, 0) is 6.61 Å². The van der Waals surface area contributed by atoms with Crippen molar-refractivity contribution in [3.63, 3.8) is 0 Å². The van der Waals surface area contributed by atoms with Crippen LogP contribution < -0.4 is 10.1 Å². The van der Waals surface area contributed by atoms with Gasteiger partial charge < -0.3 is 10.1 Å². The SMILES string of the molecule is Clc1ccc(C(c2ccc(OCc3ccccc3)cc2)N2CCNCC2)cc1Cl. The second kappa shape index (κ2) is 9.64. The van der Waals surface area contributed by atoms with Crippen LogP contribution in [0, 0.1) is 0 Å². The van der Waals surface area contributed by atoms with Gasteiger partial charge in [-0.2, -0.15) is 0 Å². The first-order valence-electron chi connectivity index (χ1n) is 9.87. The Kier molecular flexibility index (Phi) is 6.73. The van der Waals surface area contributed by atoms with Gasteiger partial charge in [0.25, 0.3) is 0 Å². The van der Waals surface area contributed by atoms with E-state index in [1.807, 2.05) is 42.5 Å². The number of nitrogens with zero attached hydrogens (tertiary/aromatic N) is 1. The zero-order valence-electron chi connectivity index (χ0n) is 16.2. The molecule has 1 aliphatic rings. The van der Waals surface area contributed by atoms with Crippen LogP contribution in [0.3, 0.4) is 0 Å². The summed E-state index contributed by atoms with van der Waals surface area (Å²) in [6.07, 6.45) is 0. The molecule has 0 aliphatic carbocycles. The number of ether oxygens (including phenoxy) is 1. The fourth-order valence-electron chi connectivity index (χ4n) is 3.72. The lowest BCUT2D eigenvalue weighted by molar-refractivity contribution is 0.198. The number of halogens is 2. The molecule has 1 saturated heterocycles. The molecular weight excluding hydrogens is 403 g/mol.